The molecule has 0 aliphatic carbocycles. The highest BCUT2D eigenvalue weighted by Crippen LogP contribution is 2.26. The van der Waals surface area contributed by atoms with Crippen LogP contribution in [0, 0.1) is 12.8 Å². The van der Waals surface area contributed by atoms with Crippen LogP contribution in [0.4, 0.5) is 0 Å². The molecule has 0 saturated heterocycles. The third-order valence-electron chi connectivity index (χ3n) is 2.46. The summed E-state index contributed by atoms with van der Waals surface area (Å²) in [6.45, 7) is 6.14. The number of hydrogen-bond acceptors (Lipinski definition) is 2. The SMILES string of the molecule is CSc1cc(C)ccc1C(=O)C(Br)C(C)C. The first-order valence-corrected chi connectivity index (χ1v) is 7.44. The Morgan fingerprint density at radius 1 is 1.38 bits per heavy atom. The molecule has 0 spiro atoms. The molecule has 1 rings (SSSR count). The van der Waals surface area contributed by atoms with E-state index in [0.29, 0.717) is 5.92 Å². The van der Waals surface area contributed by atoms with E-state index in [1.54, 1.807) is 11.8 Å². The molecule has 0 aromatic heterocycles. The summed E-state index contributed by atoms with van der Waals surface area (Å²) in [5.74, 6) is 0.489. The Bertz CT molecular complexity index is 388. The van der Waals surface area contributed by atoms with E-state index in [1.165, 1.54) is 5.56 Å². The van der Waals surface area contributed by atoms with E-state index in [-0.39, 0.29) is 10.6 Å². The highest BCUT2D eigenvalue weighted by Gasteiger charge is 2.22. The largest absolute Gasteiger partial charge is 0.293 e. The fraction of sp³-hybridized carbons (Fsp3) is 0.462. The van der Waals surface area contributed by atoms with Crippen molar-refractivity contribution >= 4 is 33.5 Å². The van der Waals surface area contributed by atoms with Gasteiger partial charge in [-0.2, -0.15) is 0 Å². The number of thioether (sulfide) groups is 1. The molecule has 0 bridgehead atoms. The number of carbonyl (C=O) groups excluding carboxylic acids is 1. The molecular weight excluding hydrogens is 284 g/mol. The van der Waals surface area contributed by atoms with Gasteiger partial charge in [0.1, 0.15) is 0 Å². The van der Waals surface area contributed by atoms with E-state index in [2.05, 4.69) is 22.0 Å². The van der Waals surface area contributed by atoms with Crippen LogP contribution in [0.25, 0.3) is 0 Å². The first-order valence-electron chi connectivity index (χ1n) is 5.30. The molecule has 1 aromatic rings. The zero-order chi connectivity index (χ0) is 12.3. The van der Waals surface area contributed by atoms with Crippen molar-refractivity contribution in [1.29, 1.82) is 0 Å². The number of Topliss-reactive ketones (excluding diaryl/α,β-unsaturated/α-hetero) is 1. The zero-order valence-electron chi connectivity index (χ0n) is 10.1. The number of ketones is 1. The fourth-order valence-corrected chi connectivity index (χ4v) is 2.39. The van der Waals surface area contributed by atoms with E-state index in [4.69, 9.17) is 0 Å². The molecule has 0 heterocycles. The summed E-state index contributed by atoms with van der Waals surface area (Å²) in [6.07, 6.45) is 2.00. The average molecular weight is 301 g/mol. The minimum Gasteiger partial charge on any atom is -0.293 e. The Morgan fingerprint density at radius 2 is 2.00 bits per heavy atom. The number of halogens is 1. The van der Waals surface area contributed by atoms with Gasteiger partial charge in [0.25, 0.3) is 0 Å². The highest BCUT2D eigenvalue weighted by atomic mass is 79.9. The smallest absolute Gasteiger partial charge is 0.177 e. The Balaban J connectivity index is 3.08. The standard InChI is InChI=1S/C13H17BrOS/c1-8(2)12(14)13(15)10-6-5-9(3)7-11(10)16-4/h5-8,12H,1-4H3. The molecule has 88 valence electrons. The number of hydrogen-bond donors (Lipinski definition) is 0. The first kappa shape index (κ1) is 13.8. The van der Waals surface area contributed by atoms with Gasteiger partial charge in [-0.1, -0.05) is 35.8 Å². The molecule has 16 heavy (non-hydrogen) atoms. The summed E-state index contributed by atoms with van der Waals surface area (Å²) in [4.78, 5) is 13.2. The Hall–Kier alpha value is -0.280. The lowest BCUT2D eigenvalue weighted by Crippen LogP contribution is -2.20. The molecule has 1 nitrogen and oxygen atoms in total. The van der Waals surface area contributed by atoms with Crippen molar-refractivity contribution in [2.75, 3.05) is 6.26 Å². The van der Waals surface area contributed by atoms with Crippen molar-refractivity contribution in [1.82, 2.24) is 0 Å². The van der Waals surface area contributed by atoms with Crippen molar-refractivity contribution < 1.29 is 4.79 Å². The number of benzene rings is 1. The van der Waals surface area contributed by atoms with Crippen LogP contribution in [0.15, 0.2) is 23.1 Å². The van der Waals surface area contributed by atoms with Crippen LogP contribution in [-0.2, 0) is 0 Å². The normalized spacial score (nSPS) is 12.9. The van der Waals surface area contributed by atoms with Crippen molar-refractivity contribution in [3.8, 4) is 0 Å². The molecule has 0 aliphatic heterocycles. The van der Waals surface area contributed by atoms with Gasteiger partial charge in [-0.05, 0) is 36.8 Å². The molecule has 1 unspecified atom stereocenters. The number of alkyl halides is 1. The maximum Gasteiger partial charge on any atom is 0.177 e. The van der Waals surface area contributed by atoms with Crippen LogP contribution in [0.2, 0.25) is 0 Å². The van der Waals surface area contributed by atoms with Gasteiger partial charge in [0.15, 0.2) is 5.78 Å². The minimum atomic E-state index is -0.0962. The molecule has 0 radical (unpaired) electrons. The second-order valence-electron chi connectivity index (χ2n) is 4.21. The predicted molar refractivity (Wildman–Crippen MR) is 74.8 cm³/mol. The number of aryl methyl sites for hydroxylation is 1. The van der Waals surface area contributed by atoms with E-state index in [1.807, 2.05) is 39.2 Å². The Morgan fingerprint density at radius 3 is 2.50 bits per heavy atom. The summed E-state index contributed by atoms with van der Waals surface area (Å²) in [5, 5.41) is 0. The Kier molecular flexibility index (Phi) is 5.06. The lowest BCUT2D eigenvalue weighted by atomic mass is 10.0. The van der Waals surface area contributed by atoms with E-state index < -0.39 is 0 Å². The third kappa shape index (κ3) is 3.11. The molecule has 1 atom stereocenters. The van der Waals surface area contributed by atoms with Crippen molar-refractivity contribution in [3.05, 3.63) is 29.3 Å². The maximum atomic E-state index is 12.2. The molecular formula is C13H17BrOS. The molecule has 0 saturated carbocycles. The van der Waals surface area contributed by atoms with Crippen LogP contribution in [0.1, 0.15) is 29.8 Å². The summed E-state index contributed by atoms with van der Waals surface area (Å²) in [7, 11) is 0. The van der Waals surface area contributed by atoms with Gasteiger partial charge < -0.3 is 0 Å². The monoisotopic (exact) mass is 300 g/mol. The average Bonchev–Trinajstić information content (AvgIpc) is 2.26. The highest BCUT2D eigenvalue weighted by molar-refractivity contribution is 9.10. The van der Waals surface area contributed by atoms with Crippen LogP contribution < -0.4 is 0 Å². The Labute approximate surface area is 110 Å². The summed E-state index contributed by atoms with van der Waals surface area (Å²) in [6, 6.07) is 5.99. The zero-order valence-corrected chi connectivity index (χ0v) is 12.5. The van der Waals surface area contributed by atoms with Crippen molar-refractivity contribution in [3.63, 3.8) is 0 Å². The molecule has 1 aromatic carbocycles. The lowest BCUT2D eigenvalue weighted by molar-refractivity contribution is 0.0975. The van der Waals surface area contributed by atoms with Crippen LogP contribution in [0.3, 0.4) is 0 Å². The predicted octanol–water partition coefficient (Wildman–Crippen LogP) is 4.32. The summed E-state index contributed by atoms with van der Waals surface area (Å²) >= 11 is 5.09. The number of rotatable bonds is 4. The quantitative estimate of drug-likeness (QED) is 0.468. The molecule has 0 N–H and O–H groups in total. The molecule has 0 fully saturated rings. The topological polar surface area (TPSA) is 17.1 Å². The molecule has 0 aliphatic rings. The molecule has 3 heteroatoms. The van der Waals surface area contributed by atoms with E-state index in [9.17, 15) is 4.79 Å². The second kappa shape index (κ2) is 5.87. The lowest BCUT2D eigenvalue weighted by Gasteiger charge is -2.14. The summed E-state index contributed by atoms with van der Waals surface area (Å²) < 4.78 is 0. The fourth-order valence-electron chi connectivity index (χ4n) is 1.45. The van der Waals surface area contributed by atoms with Gasteiger partial charge in [-0.15, -0.1) is 11.8 Å². The second-order valence-corrected chi connectivity index (χ2v) is 6.05. The van der Waals surface area contributed by atoms with Crippen molar-refractivity contribution in [2.24, 2.45) is 5.92 Å². The van der Waals surface area contributed by atoms with Gasteiger partial charge in [0.05, 0.1) is 4.83 Å². The van der Waals surface area contributed by atoms with E-state index in [0.717, 1.165) is 10.5 Å². The van der Waals surface area contributed by atoms with Crippen LogP contribution in [0.5, 0.6) is 0 Å². The van der Waals surface area contributed by atoms with Crippen molar-refractivity contribution in [2.45, 2.75) is 30.5 Å². The third-order valence-corrected chi connectivity index (χ3v) is 4.71. The van der Waals surface area contributed by atoms with Gasteiger partial charge in [-0.25, -0.2) is 0 Å². The van der Waals surface area contributed by atoms with E-state index >= 15 is 0 Å². The van der Waals surface area contributed by atoms with Crippen LogP contribution in [-0.4, -0.2) is 16.9 Å². The minimum absolute atomic E-state index is 0.0962. The number of carbonyl (C=O) groups is 1. The van der Waals surface area contributed by atoms with Gasteiger partial charge in [0, 0.05) is 10.5 Å². The molecule has 0 amide bonds. The van der Waals surface area contributed by atoms with Gasteiger partial charge >= 0.3 is 0 Å². The maximum absolute atomic E-state index is 12.2. The van der Waals surface area contributed by atoms with Gasteiger partial charge in [0.2, 0.25) is 0 Å². The van der Waals surface area contributed by atoms with Crippen LogP contribution >= 0.6 is 27.7 Å². The summed E-state index contributed by atoms with van der Waals surface area (Å²) in [5.41, 5.74) is 2.02. The first-order chi connectivity index (χ1) is 7.47. The van der Waals surface area contributed by atoms with Gasteiger partial charge in [-0.3, -0.25) is 4.79 Å².